The lowest BCUT2D eigenvalue weighted by Crippen LogP contribution is -2.17. The van der Waals surface area contributed by atoms with E-state index >= 15 is 0 Å². The van der Waals surface area contributed by atoms with E-state index in [2.05, 4.69) is 61.4 Å². The molecule has 0 bridgehead atoms. The maximum absolute atomic E-state index is 11.4. The largest absolute Gasteiger partial charge is 0.359 e. The number of carbonyl (C=O) groups is 1. The average molecular weight is 456 g/mol. The first-order valence-corrected chi connectivity index (χ1v) is 10.5. The van der Waals surface area contributed by atoms with Gasteiger partial charge in [-0.15, -0.1) is 0 Å². The molecular weight excluding hydrogens is 430 g/mol. The van der Waals surface area contributed by atoms with E-state index in [0.717, 1.165) is 21.4 Å². The van der Waals surface area contributed by atoms with Crippen LogP contribution >= 0.6 is 15.9 Å². The molecule has 0 radical (unpaired) electrons. The van der Waals surface area contributed by atoms with E-state index in [-0.39, 0.29) is 5.91 Å². The van der Waals surface area contributed by atoms with Crippen molar-refractivity contribution in [3.05, 3.63) is 64.4 Å². The van der Waals surface area contributed by atoms with Crippen LogP contribution in [-0.2, 0) is 11.2 Å². The zero-order valence-corrected chi connectivity index (χ0v) is 18.3. The van der Waals surface area contributed by atoms with Crippen LogP contribution in [0.5, 0.6) is 0 Å². The first-order chi connectivity index (χ1) is 13.9. The van der Waals surface area contributed by atoms with Gasteiger partial charge in [-0.2, -0.15) is 4.98 Å². The zero-order valence-electron chi connectivity index (χ0n) is 16.8. The molecule has 152 valence electrons. The number of nitrogens with zero attached hydrogens (tertiary/aromatic N) is 2. The smallest absolute Gasteiger partial charge is 0.229 e. The summed E-state index contributed by atoms with van der Waals surface area (Å²) in [5, 5.41) is 9.09. The summed E-state index contributed by atoms with van der Waals surface area (Å²) in [5.74, 6) is 1.90. The Bertz CT molecular complexity index is 919. The molecule has 7 heteroatoms. The summed E-state index contributed by atoms with van der Waals surface area (Å²) < 4.78 is 0.770. The van der Waals surface area contributed by atoms with Crippen molar-refractivity contribution < 1.29 is 4.79 Å². The molecule has 0 spiro atoms. The number of aromatic nitrogens is 2. The third kappa shape index (κ3) is 6.42. The van der Waals surface area contributed by atoms with Crippen LogP contribution in [0.4, 0.5) is 17.5 Å². The van der Waals surface area contributed by atoms with E-state index in [1.807, 2.05) is 24.3 Å². The molecule has 0 aliphatic heterocycles. The number of rotatable bonds is 9. The summed E-state index contributed by atoms with van der Waals surface area (Å²) in [5.41, 5.74) is 4.14. The van der Waals surface area contributed by atoms with E-state index < -0.39 is 0 Å². The van der Waals surface area contributed by atoms with Gasteiger partial charge in [0.1, 0.15) is 5.82 Å². The molecule has 0 unspecified atom stereocenters. The fourth-order valence-electron chi connectivity index (χ4n) is 2.90. The number of aryl methyl sites for hydroxylation is 1. The van der Waals surface area contributed by atoms with Crippen molar-refractivity contribution in [2.45, 2.75) is 32.6 Å². The van der Waals surface area contributed by atoms with E-state index in [1.165, 1.54) is 18.4 Å². The lowest BCUT2D eigenvalue weighted by molar-refractivity contribution is -0.120. The Morgan fingerprint density at radius 1 is 1.31 bits per heavy atom. The number of benzene rings is 1. The molecule has 29 heavy (non-hydrogen) atoms. The van der Waals surface area contributed by atoms with Gasteiger partial charge in [0.25, 0.3) is 0 Å². The standard InChI is InChI=1S/C22H26BrN5O/c1-14(17-7-8-17)12-15(2)26-21-19(23)13-25-22(28-21)27-18-9-4-16(5-10-18)6-11-20(29)24-3/h4-5,9-10,12-13,17H,2,6-8,11H2,1,3H3,(H,24,29)(H2,25,26,27,28)/b14-12+. The minimum absolute atomic E-state index is 0.0410. The third-order valence-electron chi connectivity index (χ3n) is 4.78. The lowest BCUT2D eigenvalue weighted by atomic mass is 10.1. The van der Waals surface area contributed by atoms with Gasteiger partial charge in [-0.3, -0.25) is 4.79 Å². The monoisotopic (exact) mass is 455 g/mol. The van der Waals surface area contributed by atoms with Gasteiger partial charge in [0, 0.05) is 31.0 Å². The second-order valence-corrected chi connectivity index (χ2v) is 8.05. The second-order valence-electron chi connectivity index (χ2n) is 7.20. The Morgan fingerprint density at radius 3 is 2.69 bits per heavy atom. The fourth-order valence-corrected chi connectivity index (χ4v) is 3.19. The summed E-state index contributed by atoms with van der Waals surface area (Å²) in [4.78, 5) is 20.2. The molecule has 6 nitrogen and oxygen atoms in total. The van der Waals surface area contributed by atoms with E-state index in [9.17, 15) is 4.79 Å². The Kier molecular flexibility index (Phi) is 7.04. The van der Waals surface area contributed by atoms with Gasteiger partial charge >= 0.3 is 0 Å². The van der Waals surface area contributed by atoms with E-state index in [1.54, 1.807) is 13.2 Å². The molecule has 1 heterocycles. The van der Waals surface area contributed by atoms with Crippen LogP contribution < -0.4 is 16.0 Å². The van der Waals surface area contributed by atoms with Crippen molar-refractivity contribution in [1.82, 2.24) is 15.3 Å². The van der Waals surface area contributed by atoms with Gasteiger partial charge in [-0.05, 0) is 71.8 Å². The van der Waals surface area contributed by atoms with Crippen LogP contribution in [0.1, 0.15) is 31.7 Å². The molecule has 3 rings (SSSR count). The van der Waals surface area contributed by atoms with Crippen molar-refractivity contribution in [1.29, 1.82) is 0 Å². The van der Waals surface area contributed by atoms with E-state index in [4.69, 9.17) is 0 Å². The van der Waals surface area contributed by atoms with Crippen molar-refractivity contribution in [2.24, 2.45) is 5.92 Å². The van der Waals surface area contributed by atoms with Crippen molar-refractivity contribution in [3.63, 3.8) is 0 Å². The summed E-state index contributed by atoms with van der Waals surface area (Å²) in [6.07, 6.45) is 7.51. The Labute approximate surface area is 180 Å². The van der Waals surface area contributed by atoms with Crippen molar-refractivity contribution >= 4 is 39.3 Å². The van der Waals surface area contributed by atoms with Gasteiger partial charge < -0.3 is 16.0 Å². The first kappa shape index (κ1) is 21.0. The highest BCUT2D eigenvalue weighted by atomic mass is 79.9. The molecular formula is C22H26BrN5O. The maximum Gasteiger partial charge on any atom is 0.229 e. The number of hydrogen-bond donors (Lipinski definition) is 3. The molecule has 0 atom stereocenters. The highest BCUT2D eigenvalue weighted by molar-refractivity contribution is 9.10. The average Bonchev–Trinajstić information content (AvgIpc) is 3.55. The summed E-state index contributed by atoms with van der Waals surface area (Å²) >= 11 is 3.49. The molecule has 1 aromatic heterocycles. The van der Waals surface area contributed by atoms with Crippen LogP contribution in [0.25, 0.3) is 0 Å². The van der Waals surface area contributed by atoms with Gasteiger partial charge in [-0.1, -0.05) is 24.3 Å². The van der Waals surface area contributed by atoms with Crippen molar-refractivity contribution in [2.75, 3.05) is 17.7 Å². The normalized spacial score (nSPS) is 13.7. The van der Waals surface area contributed by atoms with Crippen LogP contribution in [0.3, 0.4) is 0 Å². The number of hydrogen-bond acceptors (Lipinski definition) is 5. The highest BCUT2D eigenvalue weighted by Crippen LogP contribution is 2.36. The molecule has 3 N–H and O–H groups in total. The number of allylic oxidation sites excluding steroid dienone is 2. The van der Waals surface area contributed by atoms with Gasteiger partial charge in [-0.25, -0.2) is 4.98 Å². The first-order valence-electron chi connectivity index (χ1n) is 9.68. The summed E-state index contributed by atoms with van der Waals surface area (Å²) in [6.45, 7) is 6.23. The predicted octanol–water partition coefficient (Wildman–Crippen LogP) is 4.94. The maximum atomic E-state index is 11.4. The van der Waals surface area contributed by atoms with Crippen LogP contribution in [0.2, 0.25) is 0 Å². The molecule has 1 fully saturated rings. The predicted molar refractivity (Wildman–Crippen MR) is 121 cm³/mol. The van der Waals surface area contributed by atoms with Crippen LogP contribution in [0.15, 0.2) is 58.9 Å². The molecule has 1 amide bonds. The van der Waals surface area contributed by atoms with Crippen LogP contribution in [-0.4, -0.2) is 22.9 Å². The molecule has 0 saturated heterocycles. The van der Waals surface area contributed by atoms with Crippen LogP contribution in [0, 0.1) is 5.92 Å². The number of nitrogens with one attached hydrogen (secondary N) is 3. The number of halogens is 1. The highest BCUT2D eigenvalue weighted by Gasteiger charge is 2.22. The minimum Gasteiger partial charge on any atom is -0.359 e. The number of anilines is 3. The fraction of sp³-hybridized carbons (Fsp3) is 0.318. The molecule has 2 aromatic rings. The summed E-state index contributed by atoms with van der Waals surface area (Å²) in [7, 11) is 1.65. The Hall–Kier alpha value is -2.67. The molecule has 1 aromatic carbocycles. The van der Waals surface area contributed by atoms with Gasteiger partial charge in [0.15, 0.2) is 0 Å². The topological polar surface area (TPSA) is 78.9 Å². The Morgan fingerprint density at radius 2 is 2.03 bits per heavy atom. The second kappa shape index (κ2) is 9.69. The molecule has 1 aliphatic carbocycles. The SMILES string of the molecule is C=C(/C=C(\C)C1CC1)Nc1nc(Nc2ccc(CCC(=O)NC)cc2)ncc1Br. The Balaban J connectivity index is 1.62. The van der Waals surface area contributed by atoms with Gasteiger partial charge in [0.05, 0.1) is 4.47 Å². The summed E-state index contributed by atoms with van der Waals surface area (Å²) in [6, 6.07) is 7.91. The van der Waals surface area contributed by atoms with Gasteiger partial charge in [0.2, 0.25) is 11.9 Å². The molecule has 1 saturated carbocycles. The van der Waals surface area contributed by atoms with Crippen molar-refractivity contribution in [3.8, 4) is 0 Å². The van der Waals surface area contributed by atoms with E-state index in [0.29, 0.717) is 30.5 Å². The molecule has 1 aliphatic rings. The minimum atomic E-state index is 0.0410. The number of amides is 1. The quantitative estimate of drug-likeness (QED) is 0.466. The zero-order chi connectivity index (χ0) is 20.8. The third-order valence-corrected chi connectivity index (χ3v) is 5.36. The lowest BCUT2D eigenvalue weighted by Gasteiger charge is -2.11. The number of carbonyl (C=O) groups excluding carboxylic acids is 1.